The van der Waals surface area contributed by atoms with Crippen LogP contribution in [0.5, 0.6) is 0 Å². The van der Waals surface area contributed by atoms with Gasteiger partial charge in [-0.15, -0.1) is 0 Å². The Labute approximate surface area is 119 Å². The van der Waals surface area contributed by atoms with Gasteiger partial charge in [0.2, 0.25) is 0 Å². The molecular formula is C13H22O3Ti. The molecule has 0 heterocycles. The second kappa shape index (κ2) is 6.30. The molecule has 0 aromatic rings. The summed E-state index contributed by atoms with van der Waals surface area (Å²) >= 11 is 0. The van der Waals surface area contributed by atoms with Crippen molar-refractivity contribution in [1.29, 1.82) is 0 Å². The molecule has 17 heavy (non-hydrogen) atoms. The quantitative estimate of drug-likeness (QED) is 0.582. The topological polar surface area (TPSA) is 27.7 Å². The molecule has 3 nitrogen and oxygen atoms in total. The van der Waals surface area contributed by atoms with Gasteiger partial charge in [0.1, 0.15) is 0 Å². The molecule has 0 saturated heterocycles. The first-order chi connectivity index (χ1) is 7.45. The SMILES string of the molecule is COC(OC)(OC)C1=C(C)C(C)=C(C)C1C.[Ti]. The van der Waals surface area contributed by atoms with Crippen LogP contribution in [-0.4, -0.2) is 27.3 Å². The van der Waals surface area contributed by atoms with Crippen LogP contribution in [0.3, 0.4) is 0 Å². The van der Waals surface area contributed by atoms with Gasteiger partial charge in [0.25, 0.3) is 0 Å². The fourth-order valence-electron chi connectivity index (χ4n) is 2.44. The maximum Gasteiger partial charge on any atom is 0.308 e. The molecule has 0 saturated carbocycles. The molecule has 1 aliphatic carbocycles. The van der Waals surface area contributed by atoms with Crippen LogP contribution in [0.15, 0.2) is 22.3 Å². The van der Waals surface area contributed by atoms with Gasteiger partial charge in [0, 0.05) is 54.5 Å². The van der Waals surface area contributed by atoms with Crippen LogP contribution in [0.2, 0.25) is 0 Å². The minimum absolute atomic E-state index is 0. The van der Waals surface area contributed by atoms with Crippen LogP contribution in [-0.2, 0) is 35.9 Å². The summed E-state index contributed by atoms with van der Waals surface area (Å²) in [6, 6.07) is 0. The fourth-order valence-corrected chi connectivity index (χ4v) is 2.44. The van der Waals surface area contributed by atoms with E-state index in [1.165, 1.54) is 16.7 Å². The van der Waals surface area contributed by atoms with E-state index in [0.29, 0.717) is 5.92 Å². The molecule has 0 aromatic heterocycles. The van der Waals surface area contributed by atoms with Crippen molar-refractivity contribution in [1.82, 2.24) is 0 Å². The number of methoxy groups -OCH3 is 3. The molecule has 0 aromatic carbocycles. The molecule has 1 rings (SSSR count). The van der Waals surface area contributed by atoms with Crippen molar-refractivity contribution in [3.63, 3.8) is 0 Å². The number of hydrogen-bond acceptors (Lipinski definition) is 3. The number of allylic oxidation sites excluding steroid dienone is 3. The maximum absolute atomic E-state index is 5.43. The molecule has 96 valence electrons. The van der Waals surface area contributed by atoms with Crippen molar-refractivity contribution in [3.8, 4) is 0 Å². The Balaban J connectivity index is 0.00000256. The second-order valence-electron chi connectivity index (χ2n) is 4.24. The zero-order valence-electron chi connectivity index (χ0n) is 11.8. The Hall–Kier alpha value is 0.0743. The van der Waals surface area contributed by atoms with Gasteiger partial charge < -0.3 is 14.2 Å². The van der Waals surface area contributed by atoms with Crippen molar-refractivity contribution >= 4 is 0 Å². The Morgan fingerprint density at radius 2 is 1.29 bits per heavy atom. The molecule has 1 atom stereocenters. The summed E-state index contributed by atoms with van der Waals surface area (Å²) in [5.41, 5.74) is 4.92. The average Bonchev–Trinajstić information content (AvgIpc) is 2.49. The van der Waals surface area contributed by atoms with Gasteiger partial charge in [-0.1, -0.05) is 12.5 Å². The molecule has 0 radical (unpaired) electrons. The maximum atomic E-state index is 5.43. The van der Waals surface area contributed by atoms with E-state index in [-0.39, 0.29) is 21.7 Å². The first-order valence-corrected chi connectivity index (χ1v) is 5.49. The summed E-state index contributed by atoms with van der Waals surface area (Å²) in [4.78, 5) is 0. The zero-order chi connectivity index (χ0) is 12.5. The van der Waals surface area contributed by atoms with Crippen molar-refractivity contribution in [2.45, 2.75) is 33.7 Å². The smallest absolute Gasteiger partial charge is 0.308 e. The summed E-state index contributed by atoms with van der Waals surface area (Å²) in [7, 11) is 4.80. The normalized spacial score (nSPS) is 21.0. The molecule has 0 amide bonds. The van der Waals surface area contributed by atoms with Gasteiger partial charge in [-0.25, -0.2) is 0 Å². The van der Waals surface area contributed by atoms with E-state index >= 15 is 0 Å². The molecule has 1 aliphatic rings. The van der Waals surface area contributed by atoms with Crippen LogP contribution >= 0.6 is 0 Å². The Kier molecular flexibility index (Phi) is 6.33. The molecule has 0 N–H and O–H groups in total. The van der Waals surface area contributed by atoms with E-state index in [1.807, 2.05) is 0 Å². The van der Waals surface area contributed by atoms with E-state index in [9.17, 15) is 0 Å². The van der Waals surface area contributed by atoms with E-state index < -0.39 is 5.97 Å². The van der Waals surface area contributed by atoms with E-state index in [4.69, 9.17) is 14.2 Å². The monoisotopic (exact) mass is 274 g/mol. The average molecular weight is 274 g/mol. The number of hydrogen-bond donors (Lipinski definition) is 0. The molecule has 0 bridgehead atoms. The molecule has 0 fully saturated rings. The predicted octanol–water partition coefficient (Wildman–Crippen LogP) is 2.88. The summed E-state index contributed by atoms with van der Waals surface area (Å²) in [5.74, 6) is -0.762. The summed E-state index contributed by atoms with van der Waals surface area (Å²) < 4.78 is 16.3. The standard InChI is InChI=1S/C13H22O3.Ti/c1-8-9(2)11(4)12(10(8)3)13(14-5,15-6)16-7;/h10H,1-7H3;. The van der Waals surface area contributed by atoms with Crippen LogP contribution in [0.25, 0.3) is 0 Å². The predicted molar refractivity (Wildman–Crippen MR) is 64.0 cm³/mol. The Morgan fingerprint density at radius 1 is 0.882 bits per heavy atom. The minimum atomic E-state index is -1.05. The van der Waals surface area contributed by atoms with Crippen LogP contribution in [0.1, 0.15) is 27.7 Å². The van der Waals surface area contributed by atoms with E-state index in [0.717, 1.165) is 5.57 Å². The van der Waals surface area contributed by atoms with Crippen LogP contribution in [0.4, 0.5) is 0 Å². The third-order valence-corrected chi connectivity index (χ3v) is 3.78. The van der Waals surface area contributed by atoms with Gasteiger partial charge in [0.05, 0.1) is 0 Å². The van der Waals surface area contributed by atoms with Gasteiger partial charge in [-0.2, -0.15) is 0 Å². The largest absolute Gasteiger partial charge is 0.327 e. The second-order valence-corrected chi connectivity index (χ2v) is 4.24. The summed E-state index contributed by atoms with van der Waals surface area (Å²) in [6.45, 7) is 8.50. The van der Waals surface area contributed by atoms with Crippen molar-refractivity contribution in [3.05, 3.63) is 22.3 Å². The first-order valence-electron chi connectivity index (χ1n) is 5.49. The molecule has 0 spiro atoms. The molecule has 1 unspecified atom stereocenters. The van der Waals surface area contributed by atoms with Gasteiger partial charge >= 0.3 is 5.97 Å². The molecule has 4 heteroatoms. The van der Waals surface area contributed by atoms with Gasteiger partial charge in [-0.05, 0) is 31.9 Å². The van der Waals surface area contributed by atoms with Crippen molar-refractivity contribution in [2.75, 3.05) is 21.3 Å². The number of ether oxygens (including phenoxy) is 3. The van der Waals surface area contributed by atoms with Crippen molar-refractivity contribution in [2.24, 2.45) is 5.92 Å². The molecule has 0 aliphatic heterocycles. The fraction of sp³-hybridized carbons (Fsp3) is 0.692. The van der Waals surface area contributed by atoms with Gasteiger partial charge in [-0.3, -0.25) is 0 Å². The zero-order valence-corrected chi connectivity index (χ0v) is 13.4. The van der Waals surface area contributed by atoms with E-state index in [1.54, 1.807) is 21.3 Å². The minimum Gasteiger partial charge on any atom is -0.327 e. The van der Waals surface area contributed by atoms with Gasteiger partial charge in [0.15, 0.2) is 0 Å². The third kappa shape index (κ3) is 2.59. The summed E-state index contributed by atoms with van der Waals surface area (Å²) in [6.07, 6.45) is 0. The van der Waals surface area contributed by atoms with Crippen molar-refractivity contribution < 1.29 is 35.9 Å². The molecular weight excluding hydrogens is 252 g/mol. The van der Waals surface area contributed by atoms with Crippen LogP contribution < -0.4 is 0 Å². The Morgan fingerprint density at radius 3 is 1.53 bits per heavy atom. The van der Waals surface area contributed by atoms with Crippen LogP contribution in [0, 0.1) is 5.92 Å². The third-order valence-electron chi connectivity index (χ3n) is 3.78. The van der Waals surface area contributed by atoms with E-state index in [2.05, 4.69) is 27.7 Å². The number of rotatable bonds is 4. The Bertz CT molecular complexity index is 332. The first kappa shape index (κ1) is 17.1. The summed E-state index contributed by atoms with van der Waals surface area (Å²) in [5, 5.41) is 0.